The Bertz CT molecular complexity index is 1600. The third-order valence-corrected chi connectivity index (χ3v) is 9.34. The summed E-state index contributed by atoms with van der Waals surface area (Å²) in [5, 5.41) is 8.71. The molecule has 2 bridgehead atoms. The van der Waals surface area contributed by atoms with Crippen molar-refractivity contribution < 1.29 is 27.4 Å². The average Bonchev–Trinajstić information content (AvgIpc) is 3.43. The maximum absolute atomic E-state index is 14.9. The molecule has 0 saturated heterocycles. The van der Waals surface area contributed by atoms with Crippen molar-refractivity contribution in [2.75, 3.05) is 13.7 Å². The summed E-state index contributed by atoms with van der Waals surface area (Å²) in [6.45, 7) is 0.132. The van der Waals surface area contributed by atoms with Crippen LogP contribution in [0.1, 0.15) is 54.4 Å². The number of nitrogens with zero attached hydrogens (tertiary/aromatic N) is 2. The van der Waals surface area contributed by atoms with E-state index in [1.54, 1.807) is 24.3 Å². The van der Waals surface area contributed by atoms with Gasteiger partial charge in [-0.05, 0) is 79.8 Å². The maximum Gasteiger partial charge on any atom is 0.254 e. The number of amides is 1. The van der Waals surface area contributed by atoms with Crippen LogP contribution in [0.4, 0.5) is 13.2 Å². The summed E-state index contributed by atoms with van der Waals surface area (Å²) in [5.41, 5.74) is 0.689. The molecule has 214 valence electrons. The largest absolute Gasteiger partial charge is 0.497 e. The molecule has 6 nitrogen and oxygen atoms in total. The lowest BCUT2D eigenvalue weighted by atomic mass is 9.57. The molecule has 0 atom stereocenters. The van der Waals surface area contributed by atoms with E-state index in [1.165, 1.54) is 7.11 Å². The summed E-state index contributed by atoms with van der Waals surface area (Å²) in [6.07, 6.45) is 7.46. The molecule has 7 rings (SSSR count). The van der Waals surface area contributed by atoms with Gasteiger partial charge in [-0.1, -0.05) is 34.1 Å². The minimum atomic E-state index is -1.53. The molecule has 1 heterocycles. The van der Waals surface area contributed by atoms with E-state index < -0.39 is 34.7 Å². The predicted molar refractivity (Wildman–Crippen MR) is 152 cm³/mol. The van der Waals surface area contributed by atoms with Crippen LogP contribution in [0.15, 0.2) is 59.2 Å². The smallest absolute Gasteiger partial charge is 0.254 e. The summed E-state index contributed by atoms with van der Waals surface area (Å²) in [6, 6.07) is 13.5. The Balaban J connectivity index is 1.10. The van der Waals surface area contributed by atoms with Crippen LogP contribution in [0, 0.1) is 22.9 Å². The standard InChI is InChI=1S/C31H29BrF3N3O3/c1-40-22-6-2-19(3-7-22)17-41-28-24(33)15-23(26(34)27(28)35)29(39)36-18-30-8-11-31(12-9-30,13-10-30)38-16-20-4-5-21(32)14-25(20)37-38/h2-7,14-16H,8-13,17-18H2,1H3,(H,36,39)/t30-,31+. The average molecular weight is 628 g/mol. The molecular formula is C31H29BrF3N3O3. The highest BCUT2D eigenvalue weighted by Crippen LogP contribution is 2.55. The van der Waals surface area contributed by atoms with Gasteiger partial charge in [0.05, 0.1) is 23.7 Å². The van der Waals surface area contributed by atoms with Crippen molar-refractivity contribution in [2.45, 2.75) is 50.7 Å². The highest BCUT2D eigenvalue weighted by Gasteiger charge is 2.50. The number of hydrogen-bond donors (Lipinski definition) is 1. The van der Waals surface area contributed by atoms with Crippen LogP contribution in [-0.2, 0) is 12.1 Å². The van der Waals surface area contributed by atoms with E-state index in [4.69, 9.17) is 14.6 Å². The van der Waals surface area contributed by atoms with Gasteiger partial charge in [0.15, 0.2) is 17.4 Å². The minimum absolute atomic E-state index is 0.0583. The van der Waals surface area contributed by atoms with Gasteiger partial charge in [-0.15, -0.1) is 0 Å². The Morgan fingerprint density at radius 1 is 1.00 bits per heavy atom. The summed E-state index contributed by atoms with van der Waals surface area (Å²) >= 11 is 3.51. The second-order valence-electron chi connectivity index (χ2n) is 11.2. The van der Waals surface area contributed by atoms with Gasteiger partial charge in [-0.2, -0.15) is 9.49 Å². The molecule has 0 spiro atoms. The van der Waals surface area contributed by atoms with Crippen molar-refractivity contribution in [1.82, 2.24) is 15.1 Å². The Morgan fingerprint density at radius 2 is 1.71 bits per heavy atom. The quantitative estimate of drug-likeness (QED) is 0.208. The number of hydrogen-bond acceptors (Lipinski definition) is 4. The fraction of sp³-hybridized carbons (Fsp3) is 0.355. The highest BCUT2D eigenvalue weighted by molar-refractivity contribution is 9.10. The van der Waals surface area contributed by atoms with Gasteiger partial charge in [0.25, 0.3) is 5.91 Å². The van der Waals surface area contributed by atoms with Crippen molar-refractivity contribution in [2.24, 2.45) is 5.41 Å². The van der Waals surface area contributed by atoms with Gasteiger partial charge in [-0.3, -0.25) is 9.48 Å². The van der Waals surface area contributed by atoms with E-state index in [0.717, 1.165) is 53.9 Å². The first-order valence-corrected chi connectivity index (χ1v) is 14.4. The van der Waals surface area contributed by atoms with E-state index in [9.17, 15) is 18.0 Å². The number of halogens is 4. The number of carbonyl (C=O) groups is 1. The normalized spacial score (nSPS) is 21.7. The maximum atomic E-state index is 14.9. The monoisotopic (exact) mass is 627 g/mol. The highest BCUT2D eigenvalue weighted by atomic mass is 79.9. The number of fused-ring (bicyclic) bond motifs is 4. The van der Waals surface area contributed by atoms with Gasteiger partial charge < -0.3 is 14.8 Å². The first kappa shape index (κ1) is 27.6. The molecule has 3 aromatic carbocycles. The molecule has 3 aliphatic rings. The van der Waals surface area contributed by atoms with Crippen molar-refractivity contribution >= 4 is 32.7 Å². The van der Waals surface area contributed by atoms with E-state index in [-0.39, 0.29) is 17.6 Å². The molecule has 3 aliphatic carbocycles. The number of ether oxygens (including phenoxy) is 2. The van der Waals surface area contributed by atoms with Crippen LogP contribution in [-0.4, -0.2) is 29.3 Å². The van der Waals surface area contributed by atoms with Crippen molar-refractivity contribution in [1.29, 1.82) is 0 Å². The SMILES string of the molecule is COc1ccc(COc2c(F)cc(C(=O)NC[C@]34CC[C@](n5cc6ccc(Br)cc6n5)(CC3)CC4)c(F)c2F)cc1. The lowest BCUT2D eigenvalue weighted by Gasteiger charge is -2.53. The lowest BCUT2D eigenvalue weighted by molar-refractivity contribution is -0.00564. The molecule has 4 aromatic rings. The molecule has 1 N–H and O–H groups in total. The molecule has 10 heteroatoms. The van der Waals surface area contributed by atoms with Gasteiger partial charge in [0, 0.05) is 22.6 Å². The number of nitrogens with one attached hydrogen (secondary N) is 1. The topological polar surface area (TPSA) is 65.4 Å². The zero-order valence-corrected chi connectivity index (χ0v) is 24.1. The Labute approximate surface area is 244 Å². The lowest BCUT2D eigenvalue weighted by Crippen LogP contribution is -2.51. The predicted octanol–water partition coefficient (Wildman–Crippen LogP) is 7.28. The first-order valence-electron chi connectivity index (χ1n) is 13.6. The van der Waals surface area contributed by atoms with Gasteiger partial charge in [0.2, 0.25) is 5.82 Å². The number of aromatic nitrogens is 2. The Kier molecular flexibility index (Phi) is 7.21. The van der Waals surface area contributed by atoms with Crippen molar-refractivity contribution in [3.05, 3.63) is 87.8 Å². The molecule has 0 aliphatic heterocycles. The van der Waals surface area contributed by atoms with Gasteiger partial charge >= 0.3 is 0 Å². The molecule has 3 fully saturated rings. The van der Waals surface area contributed by atoms with E-state index in [0.29, 0.717) is 23.9 Å². The van der Waals surface area contributed by atoms with E-state index in [1.807, 2.05) is 12.1 Å². The number of rotatable bonds is 8. The molecule has 0 unspecified atom stereocenters. The zero-order valence-electron chi connectivity index (χ0n) is 22.5. The summed E-state index contributed by atoms with van der Waals surface area (Å²) < 4.78 is 57.9. The molecular weight excluding hydrogens is 599 g/mol. The molecule has 1 aromatic heterocycles. The molecule has 41 heavy (non-hydrogen) atoms. The number of methoxy groups -OCH3 is 1. The first-order chi connectivity index (χ1) is 19.7. The van der Waals surface area contributed by atoms with Crippen molar-refractivity contribution in [3.63, 3.8) is 0 Å². The fourth-order valence-corrected chi connectivity index (χ4v) is 6.55. The summed E-state index contributed by atoms with van der Waals surface area (Å²) in [5.74, 6) is -5.19. The van der Waals surface area contributed by atoms with Crippen LogP contribution >= 0.6 is 15.9 Å². The second-order valence-corrected chi connectivity index (χ2v) is 12.1. The van der Waals surface area contributed by atoms with Crippen LogP contribution < -0.4 is 14.8 Å². The van der Waals surface area contributed by atoms with Gasteiger partial charge in [-0.25, -0.2) is 8.78 Å². The Morgan fingerprint density at radius 3 is 2.39 bits per heavy atom. The zero-order chi connectivity index (χ0) is 28.8. The molecule has 1 amide bonds. The summed E-state index contributed by atoms with van der Waals surface area (Å²) in [7, 11) is 1.52. The van der Waals surface area contributed by atoms with Crippen LogP contribution in [0.5, 0.6) is 11.5 Å². The van der Waals surface area contributed by atoms with E-state index >= 15 is 0 Å². The van der Waals surface area contributed by atoms with Crippen LogP contribution in [0.25, 0.3) is 10.9 Å². The molecule has 0 radical (unpaired) electrons. The third-order valence-electron chi connectivity index (χ3n) is 8.84. The molecule has 3 saturated carbocycles. The van der Waals surface area contributed by atoms with Gasteiger partial charge in [0.1, 0.15) is 12.4 Å². The summed E-state index contributed by atoms with van der Waals surface area (Å²) in [4.78, 5) is 12.9. The van der Waals surface area contributed by atoms with E-state index in [2.05, 4.69) is 38.2 Å². The van der Waals surface area contributed by atoms with Crippen molar-refractivity contribution in [3.8, 4) is 11.5 Å². The number of benzene rings is 3. The van der Waals surface area contributed by atoms with Crippen LogP contribution in [0.3, 0.4) is 0 Å². The number of carbonyl (C=O) groups excluding carboxylic acids is 1. The Hall–Kier alpha value is -3.53. The second kappa shape index (κ2) is 10.7. The minimum Gasteiger partial charge on any atom is -0.497 e. The fourth-order valence-electron chi connectivity index (χ4n) is 6.20. The van der Waals surface area contributed by atoms with Crippen LogP contribution in [0.2, 0.25) is 0 Å². The third kappa shape index (κ3) is 5.18.